The molecule has 1 aromatic heterocycles. The van der Waals surface area contributed by atoms with Crippen LogP contribution in [-0.4, -0.2) is 65.7 Å². The number of nitrogens with zero attached hydrogens (tertiary/aromatic N) is 2. The van der Waals surface area contributed by atoms with Gasteiger partial charge < -0.3 is 29.8 Å². The number of anilines is 1. The molecule has 4 unspecified atom stereocenters. The molecule has 12 nitrogen and oxygen atoms in total. The van der Waals surface area contributed by atoms with E-state index in [-0.39, 0.29) is 5.82 Å². The second kappa shape index (κ2) is 6.30. The van der Waals surface area contributed by atoms with Crippen molar-refractivity contribution in [1.82, 2.24) is 9.55 Å². The van der Waals surface area contributed by atoms with Gasteiger partial charge in [0, 0.05) is 0 Å². The smallest absolute Gasteiger partial charge is 0.465 e. The summed E-state index contributed by atoms with van der Waals surface area (Å²) in [6, 6.07) is 0. The molecule has 0 radical (unpaired) electrons. The van der Waals surface area contributed by atoms with E-state index in [1.165, 1.54) is 0 Å². The zero-order valence-electron chi connectivity index (χ0n) is 10.9. The summed E-state index contributed by atoms with van der Waals surface area (Å²) in [5, 5.41) is 30.5. The van der Waals surface area contributed by atoms with Crippen LogP contribution in [0.1, 0.15) is 6.23 Å². The van der Waals surface area contributed by atoms with Crippen LogP contribution in [0, 0.1) is 0 Å². The van der Waals surface area contributed by atoms with Crippen LogP contribution in [0.4, 0.5) is 10.6 Å². The molecule has 0 saturated carbocycles. The van der Waals surface area contributed by atoms with Gasteiger partial charge in [-0.3, -0.25) is 14.4 Å². The molecule has 1 aliphatic heterocycles. The van der Waals surface area contributed by atoms with Crippen LogP contribution >= 0.6 is 7.82 Å². The summed E-state index contributed by atoms with van der Waals surface area (Å²) in [5.41, 5.74) is 0. The van der Waals surface area contributed by atoms with E-state index in [0.717, 1.165) is 17.1 Å². The van der Waals surface area contributed by atoms with Crippen molar-refractivity contribution in [1.29, 1.82) is 0 Å². The van der Waals surface area contributed by atoms with Crippen molar-refractivity contribution < 1.29 is 43.7 Å². The molecular weight excluding hydrogens is 325 g/mol. The maximum atomic E-state index is 10.6. The third-order valence-corrected chi connectivity index (χ3v) is 3.40. The number of phosphoric ester groups is 1. The van der Waals surface area contributed by atoms with Crippen LogP contribution in [0.25, 0.3) is 0 Å². The fourth-order valence-electron chi connectivity index (χ4n) is 1.98. The van der Waals surface area contributed by atoms with Crippen molar-refractivity contribution in [2.75, 3.05) is 11.9 Å². The second-order valence-corrected chi connectivity index (χ2v) is 5.69. The van der Waals surface area contributed by atoms with Gasteiger partial charge >= 0.3 is 13.9 Å². The number of imidazole rings is 1. The summed E-state index contributed by atoms with van der Waals surface area (Å²) in [6.07, 6.45) is -4.42. The molecule has 22 heavy (non-hydrogen) atoms. The number of amides is 1. The molecule has 1 amide bonds. The molecule has 1 aliphatic rings. The predicted molar refractivity (Wildman–Crippen MR) is 67.8 cm³/mol. The Morgan fingerprint density at radius 2 is 2.14 bits per heavy atom. The molecule has 124 valence electrons. The van der Waals surface area contributed by atoms with Crippen molar-refractivity contribution in [3.8, 4) is 0 Å². The summed E-state index contributed by atoms with van der Waals surface area (Å²) in [5.74, 6) is -0.0136. The van der Waals surface area contributed by atoms with E-state index in [1.54, 1.807) is 0 Å². The molecule has 13 heteroatoms. The minimum absolute atomic E-state index is 0.0136. The minimum atomic E-state index is -4.75. The largest absolute Gasteiger partial charge is 0.469 e. The van der Waals surface area contributed by atoms with Gasteiger partial charge in [-0.05, 0) is 0 Å². The van der Waals surface area contributed by atoms with E-state index >= 15 is 0 Å². The lowest BCUT2D eigenvalue weighted by molar-refractivity contribution is -0.0511. The molecule has 6 N–H and O–H groups in total. The Morgan fingerprint density at radius 1 is 1.45 bits per heavy atom. The van der Waals surface area contributed by atoms with E-state index < -0.39 is 45.1 Å². The quantitative estimate of drug-likeness (QED) is 0.352. The van der Waals surface area contributed by atoms with Gasteiger partial charge in [0.05, 0.1) is 19.1 Å². The standard InChI is InChI=1S/C9H14N3O9P/c13-6-4(2-20-22(17,18)19)21-8(7(6)14)12-3-10-1-5(12)11-9(15)16/h1,3-4,6-8,11,13-14H,2H2,(H,15,16)(H2,17,18,19). The maximum absolute atomic E-state index is 10.6. The van der Waals surface area contributed by atoms with Crippen LogP contribution in [0.3, 0.4) is 0 Å². The number of phosphoric acid groups is 1. The van der Waals surface area contributed by atoms with Gasteiger partial charge in [0.25, 0.3) is 0 Å². The Hall–Kier alpha value is -1.53. The van der Waals surface area contributed by atoms with Gasteiger partial charge in [-0.15, -0.1) is 0 Å². The zero-order valence-corrected chi connectivity index (χ0v) is 11.8. The Labute approximate surface area is 123 Å². The first-order valence-electron chi connectivity index (χ1n) is 5.92. The number of carbonyl (C=O) groups is 1. The minimum Gasteiger partial charge on any atom is -0.465 e. The number of nitrogens with one attached hydrogen (secondary N) is 1. The number of aliphatic hydroxyl groups is 2. The molecule has 0 aromatic carbocycles. The number of hydrogen-bond acceptors (Lipinski definition) is 7. The van der Waals surface area contributed by atoms with E-state index in [2.05, 4.69) is 9.51 Å². The number of aromatic nitrogens is 2. The van der Waals surface area contributed by atoms with Gasteiger partial charge in [0.2, 0.25) is 0 Å². The average Bonchev–Trinajstić information content (AvgIpc) is 2.93. The highest BCUT2D eigenvalue weighted by molar-refractivity contribution is 7.46. The Morgan fingerprint density at radius 3 is 2.73 bits per heavy atom. The van der Waals surface area contributed by atoms with Crippen LogP contribution in [0.2, 0.25) is 0 Å². The molecule has 2 rings (SSSR count). The third kappa shape index (κ3) is 3.81. The number of aliphatic hydroxyl groups excluding tert-OH is 2. The van der Waals surface area contributed by atoms with Crippen molar-refractivity contribution in [3.05, 3.63) is 12.5 Å². The van der Waals surface area contributed by atoms with Gasteiger partial charge in [0.15, 0.2) is 6.23 Å². The van der Waals surface area contributed by atoms with Crippen LogP contribution in [0.5, 0.6) is 0 Å². The summed E-state index contributed by atoms with van der Waals surface area (Å²) < 4.78 is 21.3. The van der Waals surface area contributed by atoms with Gasteiger partial charge in [0.1, 0.15) is 24.1 Å². The van der Waals surface area contributed by atoms with Crippen LogP contribution < -0.4 is 5.32 Å². The molecule has 0 bridgehead atoms. The Bertz CT molecular complexity index is 587. The lowest BCUT2D eigenvalue weighted by Gasteiger charge is -2.18. The molecule has 0 spiro atoms. The van der Waals surface area contributed by atoms with Gasteiger partial charge in [-0.2, -0.15) is 0 Å². The molecule has 4 atom stereocenters. The van der Waals surface area contributed by atoms with Crippen molar-refractivity contribution in [2.45, 2.75) is 24.5 Å². The lowest BCUT2D eigenvalue weighted by Crippen LogP contribution is -2.33. The van der Waals surface area contributed by atoms with Crippen molar-refractivity contribution in [3.63, 3.8) is 0 Å². The normalized spacial score (nSPS) is 28.7. The van der Waals surface area contributed by atoms with Gasteiger partial charge in [-0.1, -0.05) is 0 Å². The Kier molecular flexibility index (Phi) is 4.82. The SMILES string of the molecule is O=C(O)Nc1cncn1C1OC(COP(=O)(O)O)C(O)C1O. The monoisotopic (exact) mass is 339 g/mol. The fraction of sp³-hybridized carbons (Fsp3) is 0.556. The Balaban J connectivity index is 2.11. The van der Waals surface area contributed by atoms with Crippen molar-refractivity contribution in [2.24, 2.45) is 0 Å². The molecule has 1 aromatic rings. The highest BCUT2D eigenvalue weighted by atomic mass is 31.2. The summed E-state index contributed by atoms with van der Waals surface area (Å²) in [4.78, 5) is 31.6. The topological polar surface area (TPSA) is 184 Å². The summed E-state index contributed by atoms with van der Waals surface area (Å²) in [6.45, 7) is -0.657. The second-order valence-electron chi connectivity index (χ2n) is 4.45. The number of hydrogen-bond donors (Lipinski definition) is 6. The number of carboxylic acid groups (broad SMARTS) is 1. The van der Waals surface area contributed by atoms with E-state index in [1.807, 2.05) is 5.32 Å². The van der Waals surface area contributed by atoms with Crippen LogP contribution in [-0.2, 0) is 13.8 Å². The van der Waals surface area contributed by atoms with E-state index in [0.29, 0.717) is 0 Å². The highest BCUT2D eigenvalue weighted by Crippen LogP contribution is 2.38. The van der Waals surface area contributed by atoms with Gasteiger partial charge in [-0.25, -0.2) is 14.3 Å². The predicted octanol–water partition coefficient (Wildman–Crippen LogP) is -1.30. The first-order chi connectivity index (χ1) is 10.2. The number of ether oxygens (including phenoxy) is 1. The van der Waals surface area contributed by atoms with Crippen molar-refractivity contribution >= 4 is 19.7 Å². The first kappa shape index (κ1) is 16.8. The highest BCUT2D eigenvalue weighted by Gasteiger charge is 2.45. The fourth-order valence-corrected chi connectivity index (χ4v) is 2.32. The first-order valence-corrected chi connectivity index (χ1v) is 7.45. The molecule has 0 aliphatic carbocycles. The zero-order chi connectivity index (χ0) is 16.5. The number of rotatable bonds is 5. The average molecular weight is 339 g/mol. The summed E-state index contributed by atoms with van der Waals surface area (Å²) >= 11 is 0. The van der Waals surface area contributed by atoms with Crippen LogP contribution in [0.15, 0.2) is 12.5 Å². The maximum Gasteiger partial charge on any atom is 0.469 e. The molecule has 1 saturated heterocycles. The molecular formula is C9H14N3O9P. The van der Waals surface area contributed by atoms with E-state index in [4.69, 9.17) is 19.6 Å². The molecule has 1 fully saturated rings. The van der Waals surface area contributed by atoms with E-state index in [9.17, 15) is 19.6 Å². The third-order valence-electron chi connectivity index (χ3n) is 2.92. The molecule has 2 heterocycles. The summed E-state index contributed by atoms with van der Waals surface area (Å²) in [7, 11) is -4.75. The lowest BCUT2D eigenvalue weighted by atomic mass is 10.1.